The van der Waals surface area contributed by atoms with E-state index in [1.165, 1.54) is 15.9 Å². The molecule has 0 radical (unpaired) electrons. The van der Waals surface area contributed by atoms with Crippen molar-refractivity contribution < 1.29 is 9.90 Å². The number of likely N-dealkylation sites (N-methyl/N-ethyl adjacent to an activating group) is 1. The minimum atomic E-state index is -0.306. The van der Waals surface area contributed by atoms with Gasteiger partial charge in [0.05, 0.1) is 13.2 Å². The molecule has 0 atom stereocenters. The van der Waals surface area contributed by atoms with Crippen LogP contribution in [0.2, 0.25) is 0 Å². The molecule has 1 amide bonds. The molecule has 1 aliphatic rings. The van der Waals surface area contributed by atoms with Gasteiger partial charge in [-0.15, -0.1) is 6.58 Å². The number of aliphatic hydroxyl groups excluding tert-OH is 1. The minimum absolute atomic E-state index is 0.104. The number of carbonyl (C=O) groups is 1. The maximum atomic E-state index is 13.3. The molecule has 212 valence electrons. The number of benzene rings is 1. The van der Waals surface area contributed by atoms with Crippen molar-refractivity contribution in [1.82, 2.24) is 29.2 Å². The molecular weight excluding hydrogens is 510 g/mol. The van der Waals surface area contributed by atoms with E-state index in [0.717, 1.165) is 37.4 Å². The summed E-state index contributed by atoms with van der Waals surface area (Å²) in [6, 6.07) is 5.60. The second-order valence-corrected chi connectivity index (χ2v) is 9.87. The quantitative estimate of drug-likeness (QED) is 0.130. The number of aliphatic hydroxyl groups is 1. The number of fused-ring (bicyclic) bond motifs is 1. The molecule has 40 heavy (non-hydrogen) atoms. The van der Waals surface area contributed by atoms with Crippen molar-refractivity contribution in [2.75, 3.05) is 43.4 Å². The molecule has 12 nitrogen and oxygen atoms in total. The summed E-state index contributed by atoms with van der Waals surface area (Å²) < 4.78 is 3.02. The van der Waals surface area contributed by atoms with E-state index in [0.29, 0.717) is 29.0 Å². The van der Waals surface area contributed by atoms with E-state index >= 15 is 0 Å². The Hall–Kier alpha value is -4.29. The first-order chi connectivity index (χ1) is 19.3. The molecule has 1 aliphatic heterocycles. The Morgan fingerprint density at radius 1 is 1.27 bits per heavy atom. The summed E-state index contributed by atoms with van der Waals surface area (Å²) in [5.74, 6) is 0.602. The zero-order valence-electron chi connectivity index (χ0n) is 23.5. The Morgan fingerprint density at radius 2 is 2.02 bits per heavy atom. The molecule has 0 saturated carbocycles. The van der Waals surface area contributed by atoms with Gasteiger partial charge in [0.1, 0.15) is 5.39 Å². The van der Waals surface area contributed by atoms with Crippen LogP contribution < -0.4 is 15.8 Å². The Morgan fingerprint density at radius 3 is 2.65 bits per heavy atom. The van der Waals surface area contributed by atoms with Gasteiger partial charge in [-0.2, -0.15) is 10.1 Å². The Kier molecular flexibility index (Phi) is 9.12. The first-order valence-electron chi connectivity index (χ1n) is 13.3. The van der Waals surface area contributed by atoms with E-state index in [4.69, 9.17) is 0 Å². The smallest absolute Gasteiger partial charge is 0.278 e. The van der Waals surface area contributed by atoms with E-state index < -0.39 is 0 Å². The lowest BCUT2D eigenvalue weighted by Gasteiger charge is -2.35. The average Bonchev–Trinajstić information content (AvgIpc) is 3.22. The number of nitrogens with one attached hydrogen (secondary N) is 1. The van der Waals surface area contributed by atoms with Crippen LogP contribution in [0.3, 0.4) is 0 Å². The highest BCUT2D eigenvalue weighted by Gasteiger charge is 2.21. The standard InChI is InChI=1S/C28H37N9O3/c1-6-8-25(32-35(19-39)20(3)4)37-26-23(27(40)36(37)11-7-2)17-29-28(31-26)30-22-9-10-24(21(16-22)18-38)34-14-12-33(5)13-15-34/h6-10,16-17,19-20,38H,2,11-15,18H2,1,3-5H3,(H,29,30,31)/b8-6-,32-25+. The molecule has 12 heteroatoms. The van der Waals surface area contributed by atoms with Gasteiger partial charge in [-0.05, 0) is 52.1 Å². The van der Waals surface area contributed by atoms with Crippen molar-refractivity contribution in [1.29, 1.82) is 0 Å². The molecule has 2 aromatic heterocycles. The summed E-state index contributed by atoms with van der Waals surface area (Å²) in [5.41, 5.74) is 2.53. The van der Waals surface area contributed by atoms with Crippen LogP contribution >= 0.6 is 0 Å². The number of hydrogen-bond acceptors (Lipinski definition) is 9. The second kappa shape index (κ2) is 12.7. The molecule has 0 unspecified atom stereocenters. The summed E-state index contributed by atoms with van der Waals surface area (Å²) in [7, 11) is 2.11. The van der Waals surface area contributed by atoms with Gasteiger partial charge in [-0.1, -0.05) is 12.2 Å². The van der Waals surface area contributed by atoms with E-state index in [9.17, 15) is 14.7 Å². The number of anilines is 3. The summed E-state index contributed by atoms with van der Waals surface area (Å²) in [6.45, 7) is 13.1. The topological polar surface area (TPSA) is 124 Å². The fourth-order valence-corrected chi connectivity index (χ4v) is 4.56. The SMILES string of the molecule is C=CCn1c(=O)c2cnc(Nc3ccc(N4CCN(C)CC4)c(CO)c3)nc2n1C(/C=C\C)=N/N(C=O)C(C)C. The fraction of sp³-hybridized carbons (Fsp3) is 0.393. The second-order valence-electron chi connectivity index (χ2n) is 9.87. The van der Waals surface area contributed by atoms with Crippen LogP contribution in [0.5, 0.6) is 0 Å². The minimum Gasteiger partial charge on any atom is -0.392 e. The van der Waals surface area contributed by atoms with Crippen LogP contribution in [0, 0.1) is 0 Å². The van der Waals surface area contributed by atoms with Gasteiger partial charge in [0.2, 0.25) is 12.4 Å². The predicted molar refractivity (Wildman–Crippen MR) is 158 cm³/mol. The Labute approximate surface area is 233 Å². The maximum Gasteiger partial charge on any atom is 0.278 e. The van der Waals surface area contributed by atoms with E-state index in [1.807, 2.05) is 39.0 Å². The Bertz CT molecular complexity index is 1480. The van der Waals surface area contributed by atoms with Crippen LogP contribution in [-0.4, -0.2) is 85.9 Å². The van der Waals surface area contributed by atoms with Crippen molar-refractivity contribution in [2.45, 2.75) is 40.0 Å². The molecule has 0 bridgehead atoms. The highest BCUT2D eigenvalue weighted by atomic mass is 16.3. The van der Waals surface area contributed by atoms with Gasteiger partial charge in [0.25, 0.3) is 5.56 Å². The normalized spacial score (nSPS) is 14.8. The van der Waals surface area contributed by atoms with E-state index in [-0.39, 0.29) is 30.7 Å². The Balaban J connectivity index is 1.76. The van der Waals surface area contributed by atoms with Crippen molar-refractivity contribution in [3.8, 4) is 0 Å². The predicted octanol–water partition coefficient (Wildman–Crippen LogP) is 2.37. The molecule has 0 spiro atoms. The lowest BCUT2D eigenvalue weighted by Crippen LogP contribution is -2.44. The summed E-state index contributed by atoms with van der Waals surface area (Å²) in [6.07, 6.45) is 7.20. The largest absolute Gasteiger partial charge is 0.392 e. The molecule has 1 saturated heterocycles. The van der Waals surface area contributed by atoms with E-state index in [2.05, 4.69) is 43.8 Å². The number of hydrogen-bond donors (Lipinski definition) is 2. The zero-order chi connectivity index (χ0) is 28.8. The molecule has 3 heterocycles. The molecule has 1 aromatic carbocycles. The maximum absolute atomic E-state index is 13.3. The third-order valence-electron chi connectivity index (χ3n) is 6.72. The summed E-state index contributed by atoms with van der Waals surface area (Å²) >= 11 is 0. The van der Waals surface area contributed by atoms with Gasteiger partial charge in [0.15, 0.2) is 11.5 Å². The number of rotatable bonds is 10. The summed E-state index contributed by atoms with van der Waals surface area (Å²) in [5, 5.41) is 19.4. The van der Waals surface area contributed by atoms with Crippen molar-refractivity contribution >= 4 is 40.6 Å². The van der Waals surface area contributed by atoms with Crippen molar-refractivity contribution in [3.63, 3.8) is 0 Å². The van der Waals surface area contributed by atoms with Gasteiger partial charge < -0.3 is 20.2 Å². The van der Waals surface area contributed by atoms with Crippen molar-refractivity contribution in [2.24, 2.45) is 5.10 Å². The van der Waals surface area contributed by atoms with Crippen LogP contribution in [0.4, 0.5) is 17.3 Å². The van der Waals surface area contributed by atoms with Crippen LogP contribution in [0.15, 0.2) is 59.1 Å². The van der Waals surface area contributed by atoms with Crippen LogP contribution in [-0.2, 0) is 17.9 Å². The van der Waals surface area contributed by atoms with Gasteiger partial charge >= 0.3 is 0 Å². The lowest BCUT2D eigenvalue weighted by molar-refractivity contribution is -0.119. The molecular formula is C28H37N9O3. The van der Waals surface area contributed by atoms with E-state index in [1.54, 1.807) is 22.9 Å². The number of amides is 1. The van der Waals surface area contributed by atoms with Crippen LogP contribution in [0.25, 0.3) is 11.0 Å². The molecule has 2 N–H and O–H groups in total. The highest BCUT2D eigenvalue weighted by molar-refractivity contribution is 5.99. The van der Waals surface area contributed by atoms with Crippen molar-refractivity contribution in [3.05, 3.63) is 65.1 Å². The number of piperazine rings is 1. The number of carbonyl (C=O) groups excluding carboxylic acids is 1. The van der Waals surface area contributed by atoms with Gasteiger partial charge in [-0.25, -0.2) is 19.4 Å². The molecule has 0 aliphatic carbocycles. The van der Waals surface area contributed by atoms with Gasteiger partial charge in [0, 0.05) is 55.4 Å². The molecule has 4 rings (SSSR count). The first kappa shape index (κ1) is 28.7. The van der Waals surface area contributed by atoms with Gasteiger partial charge in [-0.3, -0.25) is 9.59 Å². The highest BCUT2D eigenvalue weighted by Crippen LogP contribution is 2.27. The molecule has 3 aromatic rings. The first-order valence-corrected chi connectivity index (χ1v) is 13.3. The number of nitrogens with zero attached hydrogens (tertiary/aromatic N) is 8. The zero-order valence-corrected chi connectivity index (χ0v) is 23.5. The monoisotopic (exact) mass is 547 g/mol. The number of hydrazone groups is 1. The lowest BCUT2D eigenvalue weighted by atomic mass is 10.1. The number of aromatic nitrogens is 4. The number of allylic oxidation sites excluding steroid dienone is 3. The average molecular weight is 548 g/mol. The third-order valence-corrected chi connectivity index (χ3v) is 6.72. The molecule has 1 fully saturated rings. The van der Waals surface area contributed by atoms with Crippen LogP contribution in [0.1, 0.15) is 26.3 Å². The third kappa shape index (κ3) is 5.97. The fourth-order valence-electron chi connectivity index (χ4n) is 4.56. The summed E-state index contributed by atoms with van der Waals surface area (Å²) in [4.78, 5) is 38.6.